The lowest BCUT2D eigenvalue weighted by atomic mass is 9.76. The van der Waals surface area contributed by atoms with Crippen molar-refractivity contribution in [2.24, 2.45) is 5.41 Å². The molecular weight excluding hydrogens is 338 g/mol. The Kier molecular flexibility index (Phi) is 6.77. The van der Waals surface area contributed by atoms with Gasteiger partial charge in [-0.25, -0.2) is 0 Å². The highest BCUT2D eigenvalue weighted by atomic mass is 16.5. The van der Waals surface area contributed by atoms with Gasteiger partial charge >= 0.3 is 0 Å². The van der Waals surface area contributed by atoms with Crippen LogP contribution in [-0.4, -0.2) is 68.1 Å². The summed E-state index contributed by atoms with van der Waals surface area (Å²) in [5, 5.41) is 3.12. The number of hydrogen-bond acceptors (Lipinski definition) is 4. The maximum absolute atomic E-state index is 12.9. The van der Waals surface area contributed by atoms with Crippen LogP contribution in [0.15, 0.2) is 24.3 Å². The van der Waals surface area contributed by atoms with Gasteiger partial charge in [0.15, 0.2) is 0 Å². The number of para-hydroxylation sites is 1. The monoisotopic (exact) mass is 373 g/mol. The topological polar surface area (TPSA) is 44.8 Å². The number of nitrogens with one attached hydrogen (secondary N) is 1. The van der Waals surface area contributed by atoms with Crippen molar-refractivity contribution in [2.45, 2.75) is 45.6 Å². The fourth-order valence-electron chi connectivity index (χ4n) is 4.55. The fraction of sp³-hybridized carbons (Fsp3) is 0.682. The summed E-state index contributed by atoms with van der Waals surface area (Å²) >= 11 is 0. The Morgan fingerprint density at radius 3 is 2.74 bits per heavy atom. The van der Waals surface area contributed by atoms with Crippen LogP contribution in [0.3, 0.4) is 0 Å². The smallest absolute Gasteiger partial charge is 0.237 e. The van der Waals surface area contributed by atoms with Crippen LogP contribution in [0.4, 0.5) is 0 Å². The van der Waals surface area contributed by atoms with Crippen molar-refractivity contribution < 1.29 is 9.53 Å². The third-order valence-electron chi connectivity index (χ3n) is 6.22. The fourth-order valence-corrected chi connectivity index (χ4v) is 4.55. The minimum atomic E-state index is 0.0202. The third kappa shape index (κ3) is 5.02. The van der Waals surface area contributed by atoms with Crippen molar-refractivity contribution in [1.29, 1.82) is 0 Å². The van der Waals surface area contributed by atoms with E-state index in [9.17, 15) is 4.79 Å². The van der Waals surface area contributed by atoms with E-state index in [1.807, 2.05) is 31.2 Å². The molecule has 2 aliphatic heterocycles. The van der Waals surface area contributed by atoms with E-state index in [1.54, 1.807) is 0 Å². The summed E-state index contributed by atoms with van der Waals surface area (Å²) < 4.78 is 5.81. The highest BCUT2D eigenvalue weighted by molar-refractivity contribution is 5.82. The molecule has 0 radical (unpaired) electrons. The first-order valence-electron chi connectivity index (χ1n) is 10.4. The molecule has 1 aromatic carbocycles. The molecule has 150 valence electrons. The van der Waals surface area contributed by atoms with Gasteiger partial charge in [-0.2, -0.15) is 0 Å². The van der Waals surface area contributed by atoms with Crippen LogP contribution in [-0.2, 0) is 4.79 Å². The number of rotatable bonds is 7. The van der Waals surface area contributed by atoms with Gasteiger partial charge in [-0.05, 0) is 76.3 Å². The number of ether oxygens (including phenoxy) is 1. The molecule has 2 fully saturated rings. The molecule has 1 spiro atoms. The van der Waals surface area contributed by atoms with Crippen LogP contribution in [0.5, 0.6) is 5.75 Å². The normalized spacial score (nSPS) is 22.9. The van der Waals surface area contributed by atoms with Gasteiger partial charge in [0, 0.05) is 6.54 Å². The summed E-state index contributed by atoms with van der Waals surface area (Å²) in [5.74, 6) is 1.07. The third-order valence-corrected chi connectivity index (χ3v) is 6.22. The van der Waals surface area contributed by atoms with E-state index in [0.29, 0.717) is 18.6 Å². The van der Waals surface area contributed by atoms with E-state index in [0.717, 1.165) is 50.3 Å². The molecule has 1 N–H and O–H groups in total. The molecule has 0 saturated carbocycles. The van der Waals surface area contributed by atoms with Gasteiger partial charge in [-0.1, -0.05) is 25.1 Å². The number of amides is 1. The summed E-state index contributed by atoms with van der Waals surface area (Å²) in [6, 6.07) is 8.01. The molecule has 0 aliphatic carbocycles. The van der Waals surface area contributed by atoms with Gasteiger partial charge in [0.1, 0.15) is 12.4 Å². The summed E-state index contributed by atoms with van der Waals surface area (Å²) in [5.41, 5.74) is 1.46. The molecule has 5 heteroatoms. The standard InChI is InChI=1S/C22H35N3O2/c1-4-12-25-17-22(9-13-24(3)14-10-22)16-19(25)21(26)23-11-15-27-20-8-6-5-7-18(20)2/h5-8,19H,4,9-17H2,1-3H3,(H,23,26)/t19-/m1/s1. The largest absolute Gasteiger partial charge is 0.491 e. The van der Waals surface area contributed by atoms with Crippen molar-refractivity contribution in [2.75, 3.05) is 46.4 Å². The lowest BCUT2D eigenvalue weighted by Gasteiger charge is -2.37. The molecule has 2 aliphatic rings. The minimum absolute atomic E-state index is 0.0202. The molecule has 0 bridgehead atoms. The number of aryl methyl sites for hydroxylation is 1. The zero-order valence-corrected chi connectivity index (χ0v) is 17.2. The highest BCUT2D eigenvalue weighted by Gasteiger charge is 2.47. The molecule has 27 heavy (non-hydrogen) atoms. The molecule has 2 saturated heterocycles. The van der Waals surface area contributed by atoms with Crippen LogP contribution in [0, 0.1) is 12.3 Å². The summed E-state index contributed by atoms with van der Waals surface area (Å²) in [7, 11) is 2.20. The first kappa shape index (κ1) is 20.2. The molecule has 1 amide bonds. The van der Waals surface area contributed by atoms with Crippen LogP contribution in [0.1, 0.15) is 38.2 Å². The van der Waals surface area contributed by atoms with Gasteiger partial charge in [0.2, 0.25) is 5.91 Å². The molecule has 0 unspecified atom stereocenters. The Morgan fingerprint density at radius 2 is 2.04 bits per heavy atom. The minimum Gasteiger partial charge on any atom is -0.491 e. The van der Waals surface area contributed by atoms with Crippen LogP contribution >= 0.6 is 0 Å². The lowest BCUT2D eigenvalue weighted by Crippen LogP contribution is -2.44. The van der Waals surface area contributed by atoms with Crippen LogP contribution in [0.25, 0.3) is 0 Å². The van der Waals surface area contributed by atoms with Crippen molar-refractivity contribution in [3.63, 3.8) is 0 Å². The lowest BCUT2D eigenvalue weighted by molar-refractivity contribution is -0.125. The summed E-state index contributed by atoms with van der Waals surface area (Å²) in [6.45, 7) is 9.69. The SMILES string of the molecule is CCCN1CC2(CCN(C)CC2)C[C@@H]1C(=O)NCCOc1ccccc1C. The first-order chi connectivity index (χ1) is 13.0. The maximum Gasteiger partial charge on any atom is 0.237 e. The Balaban J connectivity index is 1.50. The van der Waals surface area contributed by atoms with Gasteiger partial charge in [0.25, 0.3) is 0 Å². The number of nitrogens with zero attached hydrogens (tertiary/aromatic N) is 2. The summed E-state index contributed by atoms with van der Waals surface area (Å²) in [6.07, 6.45) is 4.52. The molecule has 1 aromatic rings. The van der Waals surface area contributed by atoms with E-state index in [1.165, 1.54) is 12.8 Å². The van der Waals surface area contributed by atoms with E-state index >= 15 is 0 Å². The zero-order chi connectivity index (χ0) is 19.3. The van der Waals surface area contributed by atoms with Crippen molar-refractivity contribution in [3.05, 3.63) is 29.8 Å². The van der Waals surface area contributed by atoms with Crippen LogP contribution < -0.4 is 10.1 Å². The Hall–Kier alpha value is -1.59. The van der Waals surface area contributed by atoms with E-state index < -0.39 is 0 Å². The van der Waals surface area contributed by atoms with E-state index in [2.05, 4.69) is 29.1 Å². The zero-order valence-electron chi connectivity index (χ0n) is 17.2. The van der Waals surface area contributed by atoms with Crippen LogP contribution in [0.2, 0.25) is 0 Å². The van der Waals surface area contributed by atoms with Gasteiger partial charge in [-0.15, -0.1) is 0 Å². The van der Waals surface area contributed by atoms with Crippen molar-refractivity contribution in [1.82, 2.24) is 15.1 Å². The van der Waals surface area contributed by atoms with E-state index in [4.69, 9.17) is 4.74 Å². The Labute approximate surface area is 164 Å². The number of carbonyl (C=O) groups excluding carboxylic acids is 1. The molecular formula is C22H35N3O2. The molecule has 5 nitrogen and oxygen atoms in total. The second kappa shape index (κ2) is 9.07. The van der Waals surface area contributed by atoms with Gasteiger partial charge < -0.3 is 15.0 Å². The predicted molar refractivity (Wildman–Crippen MR) is 109 cm³/mol. The average Bonchev–Trinajstić information content (AvgIpc) is 3.01. The second-order valence-electron chi connectivity index (χ2n) is 8.40. The number of benzene rings is 1. The second-order valence-corrected chi connectivity index (χ2v) is 8.40. The maximum atomic E-state index is 12.9. The van der Waals surface area contributed by atoms with Gasteiger partial charge in [-0.3, -0.25) is 9.69 Å². The Morgan fingerprint density at radius 1 is 1.30 bits per heavy atom. The first-order valence-corrected chi connectivity index (χ1v) is 10.4. The highest BCUT2D eigenvalue weighted by Crippen LogP contribution is 2.43. The molecule has 0 aromatic heterocycles. The number of hydrogen-bond donors (Lipinski definition) is 1. The quantitative estimate of drug-likeness (QED) is 0.747. The summed E-state index contributed by atoms with van der Waals surface area (Å²) in [4.78, 5) is 17.7. The number of carbonyl (C=O) groups is 1. The molecule has 1 atom stereocenters. The number of piperidine rings is 1. The average molecular weight is 374 g/mol. The molecule has 2 heterocycles. The Bertz CT molecular complexity index is 626. The molecule has 3 rings (SSSR count). The van der Waals surface area contributed by atoms with Gasteiger partial charge in [0.05, 0.1) is 12.6 Å². The van der Waals surface area contributed by atoms with E-state index in [-0.39, 0.29) is 11.9 Å². The predicted octanol–water partition coefficient (Wildman–Crippen LogP) is 2.69. The number of likely N-dealkylation sites (tertiary alicyclic amines) is 2. The van der Waals surface area contributed by atoms with Crippen molar-refractivity contribution in [3.8, 4) is 5.75 Å². The van der Waals surface area contributed by atoms with Crippen molar-refractivity contribution >= 4 is 5.91 Å².